The van der Waals surface area contributed by atoms with Gasteiger partial charge in [-0.15, -0.1) is 0 Å². The third-order valence-electron chi connectivity index (χ3n) is 5.12. The highest BCUT2D eigenvalue weighted by atomic mass is 16.5. The van der Waals surface area contributed by atoms with E-state index in [-0.39, 0.29) is 6.10 Å². The highest BCUT2D eigenvalue weighted by Gasteiger charge is 2.23. The van der Waals surface area contributed by atoms with Crippen LogP contribution in [0.3, 0.4) is 0 Å². The maximum atomic E-state index is 6.27. The van der Waals surface area contributed by atoms with Crippen molar-refractivity contribution in [2.24, 2.45) is 7.05 Å². The summed E-state index contributed by atoms with van der Waals surface area (Å²) in [4.78, 5) is 10.4. The molecule has 4 aromatic heterocycles. The normalized spacial score (nSPS) is 17.1. The average molecular weight is 390 g/mol. The van der Waals surface area contributed by atoms with E-state index in [9.17, 15) is 0 Å². The molecule has 1 fully saturated rings. The van der Waals surface area contributed by atoms with E-state index in [1.165, 1.54) is 6.33 Å². The Morgan fingerprint density at radius 1 is 1.17 bits per heavy atom. The molecule has 0 bridgehead atoms. The van der Waals surface area contributed by atoms with Gasteiger partial charge in [0.05, 0.1) is 11.7 Å². The van der Waals surface area contributed by atoms with Gasteiger partial charge in [-0.1, -0.05) is 0 Å². The fourth-order valence-corrected chi connectivity index (χ4v) is 3.70. The van der Waals surface area contributed by atoms with Gasteiger partial charge in [-0.05, 0) is 31.7 Å². The molecule has 1 saturated heterocycles. The zero-order valence-corrected chi connectivity index (χ0v) is 16.4. The van der Waals surface area contributed by atoms with Gasteiger partial charge in [0.1, 0.15) is 23.9 Å². The second kappa shape index (κ2) is 7.17. The number of rotatable bonds is 5. The number of ether oxygens (including phenoxy) is 1. The second-order valence-corrected chi connectivity index (χ2v) is 7.31. The Morgan fingerprint density at radius 2 is 2.10 bits per heavy atom. The SMILES string of the molecule is CN1CC[C@H](Oc2cnn(C)c2-c2ccn3nc(Nc4ccncn4)cc3c2)C1. The molecule has 5 heterocycles. The molecule has 0 saturated carbocycles. The topological polar surface area (TPSA) is 85.4 Å². The van der Waals surface area contributed by atoms with E-state index >= 15 is 0 Å². The minimum atomic E-state index is 0.199. The predicted molar refractivity (Wildman–Crippen MR) is 109 cm³/mol. The van der Waals surface area contributed by atoms with E-state index in [1.54, 1.807) is 18.5 Å². The number of aryl methyl sites for hydroxylation is 1. The lowest BCUT2D eigenvalue weighted by Crippen LogP contribution is -2.21. The minimum Gasteiger partial charge on any atom is -0.485 e. The molecular weight excluding hydrogens is 368 g/mol. The Morgan fingerprint density at radius 3 is 2.90 bits per heavy atom. The third kappa shape index (κ3) is 3.52. The van der Waals surface area contributed by atoms with Gasteiger partial charge in [0, 0.05) is 44.2 Å². The predicted octanol–water partition coefficient (Wildman–Crippen LogP) is 2.35. The van der Waals surface area contributed by atoms with E-state index < -0.39 is 0 Å². The number of hydrogen-bond donors (Lipinski definition) is 1. The molecule has 9 nitrogen and oxygen atoms in total. The van der Waals surface area contributed by atoms with Crippen LogP contribution in [0.5, 0.6) is 5.75 Å². The fraction of sp³-hybridized carbons (Fsp3) is 0.300. The van der Waals surface area contributed by atoms with Crippen molar-refractivity contribution in [1.29, 1.82) is 0 Å². The Bertz CT molecular complexity index is 1140. The van der Waals surface area contributed by atoms with E-state index in [0.29, 0.717) is 5.82 Å². The van der Waals surface area contributed by atoms with Gasteiger partial charge in [0.25, 0.3) is 0 Å². The number of anilines is 2. The first-order valence-corrected chi connectivity index (χ1v) is 9.56. The second-order valence-electron chi connectivity index (χ2n) is 7.31. The summed E-state index contributed by atoms with van der Waals surface area (Å²) < 4.78 is 9.96. The number of likely N-dealkylation sites (N-methyl/N-ethyl adjacent to an activating group) is 1. The maximum absolute atomic E-state index is 6.27. The van der Waals surface area contributed by atoms with Crippen LogP contribution in [-0.2, 0) is 7.05 Å². The van der Waals surface area contributed by atoms with Crippen molar-refractivity contribution in [3.05, 3.63) is 49.2 Å². The van der Waals surface area contributed by atoms with Gasteiger partial charge < -0.3 is 15.0 Å². The van der Waals surface area contributed by atoms with Gasteiger partial charge >= 0.3 is 0 Å². The summed E-state index contributed by atoms with van der Waals surface area (Å²) in [6.45, 7) is 2.00. The molecular formula is C20H22N8O. The number of fused-ring (bicyclic) bond motifs is 1. The Labute approximate surface area is 168 Å². The first-order valence-electron chi connectivity index (χ1n) is 9.56. The molecule has 148 valence electrons. The number of hydrogen-bond acceptors (Lipinski definition) is 7. The van der Waals surface area contributed by atoms with Crippen LogP contribution in [0.15, 0.2) is 49.2 Å². The van der Waals surface area contributed by atoms with Crippen LogP contribution in [0.2, 0.25) is 0 Å². The van der Waals surface area contributed by atoms with Gasteiger partial charge in [0.15, 0.2) is 11.6 Å². The fourth-order valence-electron chi connectivity index (χ4n) is 3.70. The van der Waals surface area contributed by atoms with Crippen LogP contribution in [0.25, 0.3) is 16.8 Å². The van der Waals surface area contributed by atoms with Crippen molar-refractivity contribution >= 4 is 17.2 Å². The smallest absolute Gasteiger partial charge is 0.165 e. The molecule has 1 N–H and O–H groups in total. The number of aromatic nitrogens is 6. The quantitative estimate of drug-likeness (QED) is 0.560. The van der Waals surface area contributed by atoms with Crippen molar-refractivity contribution in [3.8, 4) is 17.0 Å². The van der Waals surface area contributed by atoms with Crippen LogP contribution in [-0.4, -0.2) is 60.5 Å². The van der Waals surface area contributed by atoms with Crippen LogP contribution in [0.4, 0.5) is 11.6 Å². The summed E-state index contributed by atoms with van der Waals surface area (Å²) in [5, 5.41) is 12.2. The Balaban J connectivity index is 1.44. The zero-order chi connectivity index (χ0) is 19.8. The summed E-state index contributed by atoms with van der Waals surface area (Å²) in [6, 6.07) is 7.89. The van der Waals surface area contributed by atoms with E-state index in [4.69, 9.17) is 4.74 Å². The molecule has 0 aliphatic carbocycles. The largest absolute Gasteiger partial charge is 0.485 e. The maximum Gasteiger partial charge on any atom is 0.165 e. The first-order chi connectivity index (χ1) is 14.2. The van der Waals surface area contributed by atoms with Gasteiger partial charge in [0.2, 0.25) is 0 Å². The van der Waals surface area contributed by atoms with Crippen LogP contribution >= 0.6 is 0 Å². The standard InChI is InChI=1S/C20H22N8O/c1-26-7-5-16(12-26)29-17-11-23-27(2)20(17)14-4-8-28-15(9-14)10-19(25-28)24-18-3-6-21-13-22-18/h3-4,6,8-11,13,16H,5,7,12H2,1-2H3,(H,21,22,24,25)/t16-/m0/s1. The molecule has 5 rings (SSSR count). The summed E-state index contributed by atoms with van der Waals surface area (Å²) in [5.41, 5.74) is 2.97. The Hall–Kier alpha value is -3.46. The molecule has 0 amide bonds. The Kier molecular flexibility index (Phi) is 4.36. The molecule has 0 aromatic carbocycles. The number of likely N-dealkylation sites (tertiary alicyclic amines) is 1. The van der Waals surface area contributed by atoms with Crippen LogP contribution in [0.1, 0.15) is 6.42 Å². The molecule has 1 aliphatic rings. The summed E-state index contributed by atoms with van der Waals surface area (Å²) in [6.07, 6.45) is 8.17. The van der Waals surface area contributed by atoms with Crippen molar-refractivity contribution in [2.75, 3.05) is 25.5 Å². The third-order valence-corrected chi connectivity index (χ3v) is 5.12. The van der Waals surface area contributed by atoms with Gasteiger partial charge in [-0.3, -0.25) is 4.68 Å². The average Bonchev–Trinajstić information content (AvgIpc) is 3.41. The molecule has 1 atom stereocenters. The molecule has 0 spiro atoms. The molecule has 29 heavy (non-hydrogen) atoms. The number of nitrogens with one attached hydrogen (secondary N) is 1. The molecule has 0 unspecified atom stereocenters. The summed E-state index contributed by atoms with van der Waals surface area (Å²) in [5.74, 6) is 2.24. The first kappa shape index (κ1) is 17.6. The molecule has 0 radical (unpaired) electrons. The lowest BCUT2D eigenvalue weighted by molar-refractivity contribution is 0.209. The van der Waals surface area contributed by atoms with Crippen LogP contribution in [0, 0.1) is 0 Å². The van der Waals surface area contributed by atoms with Crippen LogP contribution < -0.4 is 10.1 Å². The number of pyridine rings is 1. The zero-order valence-electron chi connectivity index (χ0n) is 16.4. The monoisotopic (exact) mass is 390 g/mol. The summed E-state index contributed by atoms with van der Waals surface area (Å²) in [7, 11) is 4.06. The molecule has 4 aromatic rings. The van der Waals surface area contributed by atoms with E-state index in [0.717, 1.165) is 47.9 Å². The lowest BCUT2D eigenvalue weighted by Gasteiger charge is -2.14. The van der Waals surface area contributed by atoms with Gasteiger partial charge in [-0.25, -0.2) is 14.5 Å². The molecule has 1 aliphatic heterocycles. The van der Waals surface area contributed by atoms with E-state index in [2.05, 4.69) is 43.5 Å². The minimum absolute atomic E-state index is 0.199. The summed E-state index contributed by atoms with van der Waals surface area (Å²) >= 11 is 0. The van der Waals surface area contributed by atoms with E-state index in [1.807, 2.05) is 34.6 Å². The van der Waals surface area contributed by atoms with Crippen molar-refractivity contribution < 1.29 is 4.74 Å². The molecule has 9 heteroatoms. The van der Waals surface area contributed by atoms with Crippen molar-refractivity contribution in [1.82, 2.24) is 34.3 Å². The van der Waals surface area contributed by atoms with Gasteiger partial charge in [-0.2, -0.15) is 10.2 Å². The number of nitrogens with zero attached hydrogens (tertiary/aromatic N) is 7. The van der Waals surface area contributed by atoms with Crippen molar-refractivity contribution in [3.63, 3.8) is 0 Å². The van der Waals surface area contributed by atoms with Crippen molar-refractivity contribution in [2.45, 2.75) is 12.5 Å². The highest BCUT2D eigenvalue weighted by Crippen LogP contribution is 2.32. The highest BCUT2D eigenvalue weighted by molar-refractivity contribution is 5.72. The lowest BCUT2D eigenvalue weighted by atomic mass is 10.1.